The summed E-state index contributed by atoms with van der Waals surface area (Å²) >= 11 is 0. The van der Waals surface area contributed by atoms with Crippen LogP contribution in [0, 0.1) is 0 Å². The lowest BCUT2D eigenvalue weighted by Crippen LogP contribution is -2.32. The Balaban J connectivity index is 1.99. The van der Waals surface area contributed by atoms with Crippen molar-refractivity contribution in [2.24, 2.45) is 0 Å². The Morgan fingerprint density at radius 3 is 2.74 bits per heavy atom. The van der Waals surface area contributed by atoms with Crippen molar-refractivity contribution in [3.05, 3.63) is 29.8 Å². The number of aliphatic hydroxyl groups is 1. The molecule has 19 heavy (non-hydrogen) atoms. The summed E-state index contributed by atoms with van der Waals surface area (Å²) in [4.78, 5) is 0. The van der Waals surface area contributed by atoms with Gasteiger partial charge in [0.1, 0.15) is 11.9 Å². The highest BCUT2D eigenvalue weighted by Crippen LogP contribution is 2.23. The zero-order valence-corrected chi connectivity index (χ0v) is 11.7. The normalized spacial score (nSPS) is 24.5. The maximum atomic E-state index is 10.2. The number of methoxy groups -OCH3 is 1. The summed E-state index contributed by atoms with van der Waals surface area (Å²) in [6.07, 6.45) is 6.09. The summed E-state index contributed by atoms with van der Waals surface area (Å²) in [5.74, 6) is 0.833. The van der Waals surface area contributed by atoms with E-state index in [1.807, 2.05) is 24.3 Å². The van der Waals surface area contributed by atoms with Crippen molar-refractivity contribution in [2.75, 3.05) is 7.11 Å². The van der Waals surface area contributed by atoms with E-state index < -0.39 is 0 Å². The highest BCUT2D eigenvalue weighted by Gasteiger charge is 2.22. The molecular weight excluding hydrogens is 240 g/mol. The van der Waals surface area contributed by atoms with E-state index in [9.17, 15) is 5.11 Å². The van der Waals surface area contributed by atoms with Crippen LogP contribution in [0.1, 0.15) is 44.1 Å². The average Bonchev–Trinajstić information content (AvgIpc) is 2.39. The second-order valence-corrected chi connectivity index (χ2v) is 5.30. The Hall–Kier alpha value is -1.06. The van der Waals surface area contributed by atoms with Crippen LogP contribution < -0.4 is 4.74 Å². The number of benzene rings is 1. The molecule has 0 heterocycles. The molecule has 0 saturated heterocycles. The number of hydrogen-bond donors (Lipinski definition) is 1. The van der Waals surface area contributed by atoms with Crippen LogP contribution in [0.4, 0.5) is 0 Å². The average molecular weight is 264 g/mol. The molecule has 0 amide bonds. The van der Waals surface area contributed by atoms with Crippen LogP contribution in [0.3, 0.4) is 0 Å². The SMILES string of the molecule is COCc1cccc(OC2CCCCCCC2O)c1. The van der Waals surface area contributed by atoms with Gasteiger partial charge in [0.05, 0.1) is 12.7 Å². The predicted octanol–water partition coefficient (Wildman–Crippen LogP) is 3.30. The third kappa shape index (κ3) is 4.51. The molecule has 1 saturated carbocycles. The second-order valence-electron chi connectivity index (χ2n) is 5.30. The summed E-state index contributed by atoms with van der Waals surface area (Å²) in [6, 6.07) is 7.93. The minimum atomic E-state index is -0.341. The molecule has 2 rings (SSSR count). The smallest absolute Gasteiger partial charge is 0.124 e. The fraction of sp³-hybridized carbons (Fsp3) is 0.625. The van der Waals surface area contributed by atoms with Gasteiger partial charge in [0, 0.05) is 7.11 Å². The fourth-order valence-corrected chi connectivity index (χ4v) is 2.62. The van der Waals surface area contributed by atoms with Gasteiger partial charge >= 0.3 is 0 Å². The molecule has 3 heteroatoms. The minimum absolute atomic E-state index is 0.0712. The topological polar surface area (TPSA) is 38.7 Å². The van der Waals surface area contributed by atoms with E-state index >= 15 is 0 Å². The summed E-state index contributed by atoms with van der Waals surface area (Å²) in [7, 11) is 1.69. The van der Waals surface area contributed by atoms with Gasteiger partial charge in [-0.15, -0.1) is 0 Å². The van der Waals surface area contributed by atoms with E-state index in [0.717, 1.165) is 37.0 Å². The monoisotopic (exact) mass is 264 g/mol. The summed E-state index contributed by atoms with van der Waals surface area (Å²) in [6.45, 7) is 0.588. The quantitative estimate of drug-likeness (QED) is 0.907. The number of aliphatic hydroxyl groups excluding tert-OH is 1. The van der Waals surface area contributed by atoms with Crippen LogP contribution in [0.5, 0.6) is 5.75 Å². The van der Waals surface area contributed by atoms with Gasteiger partial charge in [-0.2, -0.15) is 0 Å². The number of hydrogen-bond acceptors (Lipinski definition) is 3. The lowest BCUT2D eigenvalue weighted by Gasteiger charge is -2.26. The summed E-state index contributed by atoms with van der Waals surface area (Å²) in [5, 5.41) is 10.2. The third-order valence-electron chi connectivity index (χ3n) is 3.66. The molecule has 2 atom stereocenters. The van der Waals surface area contributed by atoms with Crippen molar-refractivity contribution in [2.45, 2.75) is 57.3 Å². The Bertz CT molecular complexity index is 378. The van der Waals surface area contributed by atoms with Crippen LogP contribution in [0.2, 0.25) is 0 Å². The third-order valence-corrected chi connectivity index (χ3v) is 3.66. The highest BCUT2D eigenvalue weighted by molar-refractivity contribution is 5.28. The molecule has 1 aliphatic rings. The van der Waals surface area contributed by atoms with E-state index in [1.54, 1.807) is 7.11 Å². The molecule has 1 aromatic rings. The van der Waals surface area contributed by atoms with E-state index in [-0.39, 0.29) is 12.2 Å². The molecule has 1 fully saturated rings. The van der Waals surface area contributed by atoms with Crippen molar-refractivity contribution < 1.29 is 14.6 Å². The molecule has 2 unspecified atom stereocenters. The molecule has 106 valence electrons. The first-order chi connectivity index (χ1) is 9.29. The van der Waals surface area contributed by atoms with Crippen molar-refractivity contribution in [1.82, 2.24) is 0 Å². The Kier molecular flexibility index (Phi) is 5.67. The van der Waals surface area contributed by atoms with Gasteiger partial charge < -0.3 is 14.6 Å². The molecule has 0 spiro atoms. The minimum Gasteiger partial charge on any atom is -0.488 e. The molecule has 1 aromatic carbocycles. The van der Waals surface area contributed by atoms with Crippen LogP contribution in [-0.4, -0.2) is 24.4 Å². The van der Waals surface area contributed by atoms with Gasteiger partial charge in [0.2, 0.25) is 0 Å². The fourth-order valence-electron chi connectivity index (χ4n) is 2.62. The van der Waals surface area contributed by atoms with Crippen molar-refractivity contribution in [3.63, 3.8) is 0 Å². The first-order valence-corrected chi connectivity index (χ1v) is 7.22. The summed E-state index contributed by atoms with van der Waals surface area (Å²) < 4.78 is 11.1. The Morgan fingerprint density at radius 2 is 1.95 bits per heavy atom. The molecule has 0 radical (unpaired) electrons. The lowest BCUT2D eigenvalue weighted by molar-refractivity contribution is 0.0186. The standard InChI is InChI=1S/C16H24O3/c1-18-12-13-7-6-8-14(11-13)19-16-10-5-3-2-4-9-15(16)17/h6-8,11,15-17H,2-5,9-10,12H2,1H3. The van der Waals surface area contributed by atoms with E-state index in [4.69, 9.17) is 9.47 Å². The molecule has 0 aromatic heterocycles. The first-order valence-electron chi connectivity index (χ1n) is 7.22. The van der Waals surface area contributed by atoms with Crippen molar-refractivity contribution in [3.8, 4) is 5.75 Å². The second kappa shape index (κ2) is 7.51. The van der Waals surface area contributed by atoms with Crippen molar-refractivity contribution in [1.29, 1.82) is 0 Å². The first kappa shape index (κ1) is 14.4. The maximum Gasteiger partial charge on any atom is 0.124 e. The van der Waals surface area contributed by atoms with Crippen molar-refractivity contribution >= 4 is 0 Å². The number of ether oxygens (including phenoxy) is 2. The number of rotatable bonds is 4. The van der Waals surface area contributed by atoms with Crippen LogP contribution >= 0.6 is 0 Å². The van der Waals surface area contributed by atoms with Gasteiger partial charge in [-0.05, 0) is 37.0 Å². The summed E-state index contributed by atoms with van der Waals surface area (Å²) in [5.41, 5.74) is 1.10. The zero-order valence-electron chi connectivity index (χ0n) is 11.7. The molecule has 1 N–H and O–H groups in total. The largest absolute Gasteiger partial charge is 0.488 e. The van der Waals surface area contributed by atoms with Crippen LogP contribution in [0.15, 0.2) is 24.3 Å². The maximum absolute atomic E-state index is 10.2. The molecule has 3 nitrogen and oxygen atoms in total. The van der Waals surface area contributed by atoms with Gasteiger partial charge in [-0.3, -0.25) is 0 Å². The van der Waals surface area contributed by atoms with Gasteiger partial charge in [-0.25, -0.2) is 0 Å². The highest BCUT2D eigenvalue weighted by atomic mass is 16.5. The molecule has 1 aliphatic carbocycles. The van der Waals surface area contributed by atoms with E-state index in [0.29, 0.717) is 6.61 Å². The van der Waals surface area contributed by atoms with Gasteiger partial charge in [-0.1, -0.05) is 31.4 Å². The van der Waals surface area contributed by atoms with Crippen LogP contribution in [0.25, 0.3) is 0 Å². The molecule has 0 aliphatic heterocycles. The van der Waals surface area contributed by atoms with E-state index in [1.165, 1.54) is 12.8 Å². The Morgan fingerprint density at radius 1 is 1.16 bits per heavy atom. The lowest BCUT2D eigenvalue weighted by atomic mass is 9.96. The zero-order chi connectivity index (χ0) is 13.5. The van der Waals surface area contributed by atoms with Crippen LogP contribution in [-0.2, 0) is 11.3 Å². The van der Waals surface area contributed by atoms with Gasteiger partial charge in [0.15, 0.2) is 0 Å². The van der Waals surface area contributed by atoms with Gasteiger partial charge in [0.25, 0.3) is 0 Å². The van der Waals surface area contributed by atoms with E-state index in [2.05, 4.69) is 0 Å². The molecular formula is C16H24O3. The Labute approximate surface area is 115 Å². The molecule has 0 bridgehead atoms. The predicted molar refractivity (Wildman–Crippen MR) is 75.3 cm³/mol.